The topological polar surface area (TPSA) is 35.5 Å². The van der Waals surface area contributed by atoms with Crippen molar-refractivity contribution in [1.82, 2.24) is 0 Å². The van der Waals surface area contributed by atoms with Crippen LogP contribution >= 0.6 is 23.2 Å². The molecule has 0 spiro atoms. The molecule has 0 amide bonds. The van der Waals surface area contributed by atoms with Gasteiger partial charge in [0.15, 0.2) is 17.3 Å². The molecule has 1 rings (SSSR count). The van der Waals surface area contributed by atoms with Gasteiger partial charge in [-0.3, -0.25) is 4.79 Å². The predicted octanol–water partition coefficient (Wildman–Crippen LogP) is 3.96. The summed E-state index contributed by atoms with van der Waals surface area (Å²) < 4.78 is 10.9. The molecule has 0 N–H and O–H groups in total. The zero-order chi connectivity index (χ0) is 14.3. The lowest BCUT2D eigenvalue weighted by Gasteiger charge is -2.12. The summed E-state index contributed by atoms with van der Waals surface area (Å²) in [7, 11) is 0. The Labute approximate surface area is 123 Å². The molecule has 0 saturated carbocycles. The number of carbonyl (C=O) groups is 1. The fourth-order valence-corrected chi connectivity index (χ4v) is 1.75. The lowest BCUT2D eigenvalue weighted by molar-refractivity contribution is -0.112. The van der Waals surface area contributed by atoms with Gasteiger partial charge in [0.2, 0.25) is 0 Å². The SMILES string of the molecule is CCOc1cc(Cl)c(C=CC(=O)CCl)cc1OCC. The molecule has 0 aromatic heterocycles. The van der Waals surface area contributed by atoms with E-state index in [9.17, 15) is 4.79 Å². The Kier molecular flexibility index (Phi) is 6.74. The molecule has 0 bridgehead atoms. The molecule has 0 aliphatic rings. The maximum atomic E-state index is 11.2. The molecule has 5 heteroatoms. The quantitative estimate of drug-likeness (QED) is 0.565. The van der Waals surface area contributed by atoms with E-state index in [0.717, 1.165) is 0 Å². The van der Waals surface area contributed by atoms with Crippen LogP contribution in [-0.4, -0.2) is 24.9 Å². The van der Waals surface area contributed by atoms with Gasteiger partial charge in [-0.2, -0.15) is 0 Å². The van der Waals surface area contributed by atoms with Crippen molar-refractivity contribution >= 4 is 35.1 Å². The van der Waals surface area contributed by atoms with Crippen LogP contribution in [0.5, 0.6) is 11.5 Å². The minimum atomic E-state index is -0.176. The zero-order valence-corrected chi connectivity index (χ0v) is 12.4. The standard InChI is InChI=1S/C14H16Cl2O3/c1-3-18-13-7-10(5-6-11(17)9-15)12(16)8-14(13)19-4-2/h5-8H,3-4,9H2,1-2H3. The van der Waals surface area contributed by atoms with Crippen molar-refractivity contribution in [3.8, 4) is 11.5 Å². The molecule has 3 nitrogen and oxygen atoms in total. The van der Waals surface area contributed by atoms with Gasteiger partial charge in [-0.25, -0.2) is 0 Å². The van der Waals surface area contributed by atoms with E-state index in [1.165, 1.54) is 6.08 Å². The number of hydrogen-bond donors (Lipinski definition) is 0. The first-order chi connectivity index (χ1) is 9.12. The number of hydrogen-bond acceptors (Lipinski definition) is 3. The lowest BCUT2D eigenvalue weighted by atomic mass is 10.1. The highest BCUT2D eigenvalue weighted by atomic mass is 35.5. The number of alkyl halides is 1. The minimum Gasteiger partial charge on any atom is -0.490 e. The van der Waals surface area contributed by atoms with Crippen LogP contribution < -0.4 is 9.47 Å². The highest BCUT2D eigenvalue weighted by molar-refractivity contribution is 6.32. The van der Waals surface area contributed by atoms with Gasteiger partial charge in [0, 0.05) is 6.07 Å². The highest BCUT2D eigenvalue weighted by Crippen LogP contribution is 2.34. The molecule has 0 atom stereocenters. The number of carbonyl (C=O) groups excluding carboxylic acids is 1. The van der Waals surface area contributed by atoms with Gasteiger partial charge in [-0.15, -0.1) is 11.6 Å². The molecule has 0 unspecified atom stereocenters. The Bertz CT molecular complexity index is 470. The Morgan fingerprint density at radius 2 is 1.79 bits per heavy atom. The lowest BCUT2D eigenvalue weighted by Crippen LogP contribution is -1.99. The first-order valence-corrected chi connectivity index (χ1v) is 6.89. The minimum absolute atomic E-state index is 0.0521. The summed E-state index contributed by atoms with van der Waals surface area (Å²) in [6.45, 7) is 4.81. The van der Waals surface area contributed by atoms with Crippen molar-refractivity contribution < 1.29 is 14.3 Å². The van der Waals surface area contributed by atoms with Crippen molar-refractivity contribution in [2.75, 3.05) is 19.1 Å². The summed E-state index contributed by atoms with van der Waals surface area (Å²) in [6, 6.07) is 3.43. The molecule has 0 heterocycles. The fourth-order valence-electron chi connectivity index (χ4n) is 1.44. The van der Waals surface area contributed by atoms with Gasteiger partial charge in [0.25, 0.3) is 0 Å². The Hall–Kier alpha value is -1.19. The molecular formula is C14H16Cl2O3. The average Bonchev–Trinajstić information content (AvgIpc) is 2.40. The van der Waals surface area contributed by atoms with E-state index in [1.807, 2.05) is 13.8 Å². The molecular weight excluding hydrogens is 287 g/mol. The molecule has 104 valence electrons. The highest BCUT2D eigenvalue weighted by Gasteiger charge is 2.09. The Morgan fingerprint density at radius 1 is 1.21 bits per heavy atom. The second-order valence-electron chi connectivity index (χ2n) is 3.62. The van der Waals surface area contributed by atoms with E-state index in [4.69, 9.17) is 32.7 Å². The predicted molar refractivity (Wildman–Crippen MR) is 78.6 cm³/mol. The van der Waals surface area contributed by atoms with Gasteiger partial charge in [0.05, 0.1) is 24.1 Å². The van der Waals surface area contributed by atoms with Gasteiger partial charge in [-0.05, 0) is 37.6 Å². The molecule has 0 aliphatic heterocycles. The van der Waals surface area contributed by atoms with Crippen molar-refractivity contribution in [2.24, 2.45) is 0 Å². The van der Waals surface area contributed by atoms with Crippen LogP contribution in [0, 0.1) is 0 Å². The maximum Gasteiger partial charge on any atom is 0.170 e. The summed E-state index contributed by atoms with van der Waals surface area (Å²) in [4.78, 5) is 11.2. The largest absolute Gasteiger partial charge is 0.490 e. The summed E-state index contributed by atoms with van der Waals surface area (Å²) >= 11 is 11.6. The van der Waals surface area contributed by atoms with E-state index >= 15 is 0 Å². The van der Waals surface area contributed by atoms with Gasteiger partial charge in [-0.1, -0.05) is 11.6 Å². The van der Waals surface area contributed by atoms with Crippen LogP contribution in [0.3, 0.4) is 0 Å². The second-order valence-corrected chi connectivity index (χ2v) is 4.29. The van der Waals surface area contributed by atoms with E-state index in [-0.39, 0.29) is 11.7 Å². The van der Waals surface area contributed by atoms with Gasteiger partial charge in [0.1, 0.15) is 0 Å². The Balaban J connectivity index is 3.08. The van der Waals surface area contributed by atoms with E-state index < -0.39 is 0 Å². The number of halogens is 2. The summed E-state index contributed by atoms with van der Waals surface area (Å²) in [5, 5.41) is 0.491. The maximum absolute atomic E-state index is 11.2. The molecule has 19 heavy (non-hydrogen) atoms. The van der Waals surface area contributed by atoms with Crippen molar-refractivity contribution in [1.29, 1.82) is 0 Å². The van der Waals surface area contributed by atoms with Crippen molar-refractivity contribution in [2.45, 2.75) is 13.8 Å². The Morgan fingerprint density at radius 3 is 2.32 bits per heavy atom. The molecule has 0 saturated heterocycles. The second kappa shape index (κ2) is 8.08. The van der Waals surface area contributed by atoms with E-state index in [2.05, 4.69) is 0 Å². The number of ether oxygens (including phenoxy) is 2. The monoisotopic (exact) mass is 302 g/mol. The number of benzene rings is 1. The van der Waals surface area contributed by atoms with Gasteiger partial charge < -0.3 is 9.47 Å². The van der Waals surface area contributed by atoms with Crippen LogP contribution in [0.15, 0.2) is 18.2 Å². The third kappa shape index (κ3) is 4.77. The third-order valence-electron chi connectivity index (χ3n) is 2.24. The van der Waals surface area contributed by atoms with Crippen LogP contribution in [0.1, 0.15) is 19.4 Å². The summed E-state index contributed by atoms with van der Waals surface area (Å²) in [5.74, 6) is 0.968. The van der Waals surface area contributed by atoms with E-state index in [0.29, 0.717) is 35.3 Å². The van der Waals surface area contributed by atoms with Crippen molar-refractivity contribution in [3.63, 3.8) is 0 Å². The normalized spacial score (nSPS) is 10.7. The molecule has 0 radical (unpaired) electrons. The van der Waals surface area contributed by atoms with Crippen LogP contribution in [0.25, 0.3) is 6.08 Å². The van der Waals surface area contributed by atoms with Crippen LogP contribution in [-0.2, 0) is 4.79 Å². The molecule has 0 aliphatic carbocycles. The fraction of sp³-hybridized carbons (Fsp3) is 0.357. The van der Waals surface area contributed by atoms with Gasteiger partial charge >= 0.3 is 0 Å². The average molecular weight is 303 g/mol. The van der Waals surface area contributed by atoms with Crippen LogP contribution in [0.2, 0.25) is 5.02 Å². The first-order valence-electron chi connectivity index (χ1n) is 5.98. The van der Waals surface area contributed by atoms with E-state index in [1.54, 1.807) is 18.2 Å². The number of rotatable bonds is 7. The molecule has 0 fully saturated rings. The summed E-state index contributed by atoms with van der Waals surface area (Å²) in [6.07, 6.45) is 3.01. The molecule has 1 aromatic carbocycles. The zero-order valence-electron chi connectivity index (χ0n) is 10.9. The third-order valence-corrected chi connectivity index (χ3v) is 2.83. The van der Waals surface area contributed by atoms with Crippen LogP contribution in [0.4, 0.5) is 0 Å². The number of allylic oxidation sites excluding steroid dienone is 1. The molecule has 1 aromatic rings. The summed E-state index contributed by atoms with van der Waals surface area (Å²) in [5.41, 5.74) is 0.687. The van der Waals surface area contributed by atoms with Crippen molar-refractivity contribution in [3.05, 3.63) is 28.8 Å². The smallest absolute Gasteiger partial charge is 0.170 e. The number of ketones is 1. The first kappa shape index (κ1) is 15.9.